The van der Waals surface area contributed by atoms with E-state index in [1.807, 2.05) is 25.1 Å². The van der Waals surface area contributed by atoms with Crippen LogP contribution in [0.5, 0.6) is 5.75 Å². The van der Waals surface area contributed by atoms with Gasteiger partial charge in [0, 0.05) is 18.7 Å². The van der Waals surface area contributed by atoms with Crippen molar-refractivity contribution in [2.24, 2.45) is 0 Å². The van der Waals surface area contributed by atoms with Crippen LogP contribution in [0.4, 0.5) is 0 Å². The maximum Gasteiger partial charge on any atom is 0.122 e. The van der Waals surface area contributed by atoms with Crippen molar-refractivity contribution in [1.29, 1.82) is 0 Å². The number of rotatable bonds is 2. The van der Waals surface area contributed by atoms with Gasteiger partial charge in [-0.1, -0.05) is 42.5 Å². The molecule has 0 saturated heterocycles. The first-order valence-electron chi connectivity index (χ1n) is 7.30. The van der Waals surface area contributed by atoms with Gasteiger partial charge < -0.3 is 5.11 Å². The summed E-state index contributed by atoms with van der Waals surface area (Å²) < 4.78 is 0. The number of aryl methyl sites for hydroxylation is 2. The van der Waals surface area contributed by atoms with Gasteiger partial charge in [-0.25, -0.2) is 0 Å². The van der Waals surface area contributed by atoms with E-state index in [0.717, 1.165) is 37.2 Å². The minimum absolute atomic E-state index is 0.449. The van der Waals surface area contributed by atoms with E-state index in [2.05, 4.69) is 29.2 Å². The molecule has 0 unspecified atom stereocenters. The number of hydrogen-bond acceptors (Lipinski definition) is 2. The predicted octanol–water partition coefficient (Wildman–Crippen LogP) is 3.65. The highest BCUT2D eigenvalue weighted by Gasteiger charge is 2.15. The average Bonchev–Trinajstić information content (AvgIpc) is 2.65. The predicted molar refractivity (Wildman–Crippen MR) is 81.7 cm³/mol. The Morgan fingerprint density at radius 3 is 2.70 bits per heavy atom. The highest BCUT2D eigenvalue weighted by Crippen LogP contribution is 2.25. The van der Waals surface area contributed by atoms with E-state index in [4.69, 9.17) is 0 Å². The Bertz CT molecular complexity index is 606. The SMILES string of the molecule is Cc1cccc(CN2CCCc3ccccc3C2)c1O. The molecule has 1 N–H and O–H groups in total. The van der Waals surface area contributed by atoms with Crippen molar-refractivity contribution < 1.29 is 5.11 Å². The molecule has 2 aromatic rings. The monoisotopic (exact) mass is 267 g/mol. The first-order chi connectivity index (χ1) is 9.74. The summed E-state index contributed by atoms with van der Waals surface area (Å²) in [6.45, 7) is 4.84. The maximum absolute atomic E-state index is 10.2. The lowest BCUT2D eigenvalue weighted by Gasteiger charge is -2.21. The molecule has 0 radical (unpaired) electrons. The van der Waals surface area contributed by atoms with Crippen LogP contribution in [0.2, 0.25) is 0 Å². The summed E-state index contributed by atoms with van der Waals surface area (Å²) in [4.78, 5) is 2.43. The summed E-state index contributed by atoms with van der Waals surface area (Å²) in [5, 5.41) is 10.2. The Morgan fingerprint density at radius 1 is 1.05 bits per heavy atom. The number of phenols is 1. The zero-order valence-electron chi connectivity index (χ0n) is 12.0. The third-order valence-corrected chi connectivity index (χ3v) is 4.15. The van der Waals surface area contributed by atoms with Crippen molar-refractivity contribution in [3.05, 3.63) is 64.7 Å². The van der Waals surface area contributed by atoms with Gasteiger partial charge in [0.15, 0.2) is 0 Å². The topological polar surface area (TPSA) is 23.5 Å². The van der Waals surface area contributed by atoms with Gasteiger partial charge in [0.05, 0.1) is 0 Å². The molecule has 0 amide bonds. The lowest BCUT2D eigenvalue weighted by atomic mass is 10.0. The summed E-state index contributed by atoms with van der Waals surface area (Å²) in [5.74, 6) is 0.449. The molecule has 1 aliphatic rings. The lowest BCUT2D eigenvalue weighted by molar-refractivity contribution is 0.257. The van der Waals surface area contributed by atoms with Crippen LogP contribution in [0.15, 0.2) is 42.5 Å². The summed E-state index contributed by atoms with van der Waals surface area (Å²) in [6, 6.07) is 14.7. The van der Waals surface area contributed by atoms with Crippen molar-refractivity contribution in [3.63, 3.8) is 0 Å². The molecule has 0 saturated carbocycles. The molecule has 0 atom stereocenters. The lowest BCUT2D eigenvalue weighted by Crippen LogP contribution is -2.22. The molecule has 3 rings (SSSR count). The summed E-state index contributed by atoms with van der Waals surface area (Å²) in [6.07, 6.45) is 2.34. The van der Waals surface area contributed by atoms with E-state index in [1.165, 1.54) is 17.5 Å². The first-order valence-corrected chi connectivity index (χ1v) is 7.30. The normalized spacial score (nSPS) is 15.7. The second-order valence-corrected chi connectivity index (χ2v) is 5.67. The molecule has 0 spiro atoms. The summed E-state index contributed by atoms with van der Waals surface area (Å²) in [7, 11) is 0. The van der Waals surface area contributed by atoms with Crippen LogP contribution in [-0.2, 0) is 19.5 Å². The minimum Gasteiger partial charge on any atom is -0.507 e. The minimum atomic E-state index is 0.449. The van der Waals surface area contributed by atoms with Crippen molar-refractivity contribution in [1.82, 2.24) is 4.90 Å². The molecule has 2 nitrogen and oxygen atoms in total. The third-order valence-electron chi connectivity index (χ3n) is 4.15. The number of fused-ring (bicyclic) bond motifs is 1. The van der Waals surface area contributed by atoms with Crippen molar-refractivity contribution in [3.8, 4) is 5.75 Å². The zero-order valence-corrected chi connectivity index (χ0v) is 12.0. The molecule has 1 heterocycles. The molecule has 0 fully saturated rings. The van der Waals surface area contributed by atoms with Crippen molar-refractivity contribution in [2.75, 3.05) is 6.54 Å². The number of benzene rings is 2. The molecule has 0 aromatic heterocycles. The first kappa shape index (κ1) is 13.2. The van der Waals surface area contributed by atoms with Crippen LogP contribution in [0.25, 0.3) is 0 Å². The molecule has 104 valence electrons. The standard InChI is InChI=1S/C18H21NO/c1-14-6-4-9-17(18(14)20)13-19-11-5-10-15-7-2-3-8-16(15)12-19/h2-4,6-9,20H,5,10-13H2,1H3. The molecule has 2 heteroatoms. The zero-order chi connectivity index (χ0) is 13.9. The Kier molecular flexibility index (Phi) is 3.75. The van der Waals surface area contributed by atoms with Crippen LogP contribution in [0.1, 0.15) is 28.7 Å². The molecule has 0 bridgehead atoms. The van der Waals surface area contributed by atoms with Gasteiger partial charge in [-0.3, -0.25) is 4.90 Å². The van der Waals surface area contributed by atoms with E-state index < -0.39 is 0 Å². The Morgan fingerprint density at radius 2 is 1.85 bits per heavy atom. The van der Waals surface area contributed by atoms with E-state index in [-0.39, 0.29) is 0 Å². The van der Waals surface area contributed by atoms with Gasteiger partial charge in [-0.05, 0) is 43.0 Å². The van der Waals surface area contributed by atoms with Gasteiger partial charge in [0.1, 0.15) is 5.75 Å². The molecule has 1 aliphatic heterocycles. The summed E-state index contributed by atoms with van der Waals surface area (Å²) >= 11 is 0. The highest BCUT2D eigenvalue weighted by atomic mass is 16.3. The smallest absolute Gasteiger partial charge is 0.122 e. The van der Waals surface area contributed by atoms with Gasteiger partial charge in [0.2, 0.25) is 0 Å². The quantitative estimate of drug-likeness (QED) is 0.897. The Hall–Kier alpha value is -1.80. The van der Waals surface area contributed by atoms with Crippen LogP contribution < -0.4 is 0 Å². The van der Waals surface area contributed by atoms with Gasteiger partial charge in [-0.2, -0.15) is 0 Å². The molecule has 0 aliphatic carbocycles. The Balaban J connectivity index is 1.80. The fourth-order valence-corrected chi connectivity index (χ4v) is 2.99. The van der Waals surface area contributed by atoms with Gasteiger partial charge in [-0.15, -0.1) is 0 Å². The number of nitrogens with zero attached hydrogens (tertiary/aromatic N) is 1. The average molecular weight is 267 g/mol. The number of para-hydroxylation sites is 1. The maximum atomic E-state index is 10.2. The van der Waals surface area contributed by atoms with E-state index >= 15 is 0 Å². The van der Waals surface area contributed by atoms with Gasteiger partial charge in [0.25, 0.3) is 0 Å². The summed E-state index contributed by atoms with van der Waals surface area (Å²) in [5.41, 5.74) is 4.89. The Labute approximate surface area is 120 Å². The van der Waals surface area contributed by atoms with Crippen molar-refractivity contribution in [2.45, 2.75) is 32.9 Å². The largest absolute Gasteiger partial charge is 0.507 e. The van der Waals surface area contributed by atoms with Crippen molar-refractivity contribution >= 4 is 0 Å². The van der Waals surface area contributed by atoms with Crippen LogP contribution >= 0.6 is 0 Å². The van der Waals surface area contributed by atoms with Crippen LogP contribution in [0, 0.1) is 6.92 Å². The number of phenolic OH excluding ortho intramolecular Hbond substituents is 1. The van der Waals surface area contributed by atoms with Crippen LogP contribution in [0.3, 0.4) is 0 Å². The third kappa shape index (κ3) is 2.70. The van der Waals surface area contributed by atoms with E-state index in [1.54, 1.807) is 0 Å². The second-order valence-electron chi connectivity index (χ2n) is 5.67. The van der Waals surface area contributed by atoms with E-state index in [0.29, 0.717) is 5.75 Å². The second kappa shape index (κ2) is 5.68. The molecule has 20 heavy (non-hydrogen) atoms. The van der Waals surface area contributed by atoms with Crippen LogP contribution in [-0.4, -0.2) is 16.6 Å². The van der Waals surface area contributed by atoms with E-state index in [9.17, 15) is 5.11 Å². The number of hydrogen-bond donors (Lipinski definition) is 1. The molecule has 2 aromatic carbocycles. The van der Waals surface area contributed by atoms with Gasteiger partial charge >= 0.3 is 0 Å². The fourth-order valence-electron chi connectivity index (χ4n) is 2.99. The molecular formula is C18H21NO. The highest BCUT2D eigenvalue weighted by molar-refractivity contribution is 5.39. The number of aromatic hydroxyl groups is 1. The molecular weight excluding hydrogens is 246 g/mol. The fraction of sp³-hybridized carbons (Fsp3) is 0.333.